The van der Waals surface area contributed by atoms with Crippen LogP contribution in [-0.2, 0) is 6.54 Å². The van der Waals surface area contributed by atoms with Crippen LogP contribution < -0.4 is 10.6 Å². The van der Waals surface area contributed by atoms with Crippen LogP contribution in [0.1, 0.15) is 18.9 Å². The summed E-state index contributed by atoms with van der Waals surface area (Å²) < 4.78 is 0. The molecule has 4 nitrogen and oxygen atoms in total. The number of hydrogen-bond acceptors (Lipinski definition) is 2. The van der Waals surface area contributed by atoms with Gasteiger partial charge < -0.3 is 15.5 Å². The van der Waals surface area contributed by atoms with Crippen LogP contribution >= 0.6 is 0 Å². The Labute approximate surface area is 103 Å². The van der Waals surface area contributed by atoms with Gasteiger partial charge in [0, 0.05) is 26.3 Å². The van der Waals surface area contributed by atoms with E-state index >= 15 is 0 Å². The second kappa shape index (κ2) is 6.91. The third kappa shape index (κ3) is 4.87. The lowest BCUT2D eigenvalue weighted by atomic mass is 10.2. The Hall–Kier alpha value is -1.55. The van der Waals surface area contributed by atoms with Gasteiger partial charge in [0.05, 0.1) is 0 Å². The molecule has 2 N–H and O–H groups in total. The van der Waals surface area contributed by atoms with Crippen molar-refractivity contribution in [2.75, 3.05) is 26.0 Å². The van der Waals surface area contributed by atoms with Gasteiger partial charge in [-0.1, -0.05) is 19.1 Å². The predicted octanol–water partition coefficient (Wildman–Crippen LogP) is 2.28. The fraction of sp³-hybridized carbons (Fsp3) is 0.462. The first-order chi connectivity index (χ1) is 8.13. The van der Waals surface area contributed by atoms with E-state index in [1.165, 1.54) is 10.5 Å². The lowest BCUT2D eigenvalue weighted by Gasteiger charge is -2.12. The number of hydrogen-bond donors (Lipinski definition) is 2. The van der Waals surface area contributed by atoms with Crippen LogP contribution in [0.2, 0.25) is 0 Å². The monoisotopic (exact) mass is 235 g/mol. The summed E-state index contributed by atoms with van der Waals surface area (Å²) in [4.78, 5) is 12.9. The highest BCUT2D eigenvalue weighted by atomic mass is 16.2. The molecular weight excluding hydrogens is 214 g/mol. The lowest BCUT2D eigenvalue weighted by molar-refractivity contribution is 0.230. The second-order valence-electron chi connectivity index (χ2n) is 4.20. The summed E-state index contributed by atoms with van der Waals surface area (Å²) in [7, 11) is 3.44. The number of anilines is 1. The molecule has 0 aromatic heterocycles. The summed E-state index contributed by atoms with van der Waals surface area (Å²) in [6.07, 6.45) is 1.14. The topological polar surface area (TPSA) is 44.4 Å². The van der Waals surface area contributed by atoms with E-state index in [1.54, 1.807) is 14.1 Å². The Balaban J connectivity index is 2.47. The number of nitrogens with zero attached hydrogens (tertiary/aromatic N) is 1. The van der Waals surface area contributed by atoms with Gasteiger partial charge in [0.1, 0.15) is 0 Å². The third-order valence-electron chi connectivity index (χ3n) is 2.37. The van der Waals surface area contributed by atoms with Gasteiger partial charge in [-0.2, -0.15) is 0 Å². The molecule has 0 saturated heterocycles. The molecule has 2 amide bonds. The Morgan fingerprint density at radius 2 is 1.88 bits per heavy atom. The minimum absolute atomic E-state index is 0.109. The molecule has 1 aromatic rings. The molecule has 94 valence electrons. The molecule has 1 rings (SSSR count). The summed E-state index contributed by atoms with van der Waals surface area (Å²) in [5.41, 5.74) is 2.05. The van der Waals surface area contributed by atoms with E-state index in [-0.39, 0.29) is 6.03 Å². The molecule has 0 bridgehead atoms. The van der Waals surface area contributed by atoms with Crippen molar-refractivity contribution in [2.24, 2.45) is 0 Å². The molecule has 0 fully saturated rings. The number of rotatable bonds is 5. The molecular formula is C13H21N3O. The highest BCUT2D eigenvalue weighted by Crippen LogP contribution is 2.09. The minimum Gasteiger partial charge on any atom is -0.331 e. The molecule has 0 aliphatic rings. The summed E-state index contributed by atoms with van der Waals surface area (Å²) >= 11 is 0. The van der Waals surface area contributed by atoms with Crippen molar-refractivity contribution < 1.29 is 4.79 Å². The fourth-order valence-electron chi connectivity index (χ4n) is 1.35. The van der Waals surface area contributed by atoms with Crippen LogP contribution in [0.3, 0.4) is 0 Å². The maximum Gasteiger partial charge on any atom is 0.321 e. The van der Waals surface area contributed by atoms with E-state index in [2.05, 4.69) is 17.6 Å². The average Bonchev–Trinajstić information content (AvgIpc) is 2.31. The molecule has 17 heavy (non-hydrogen) atoms. The quantitative estimate of drug-likeness (QED) is 0.769. The van der Waals surface area contributed by atoms with Crippen molar-refractivity contribution >= 4 is 11.7 Å². The van der Waals surface area contributed by atoms with Gasteiger partial charge in [-0.05, 0) is 30.7 Å². The largest absolute Gasteiger partial charge is 0.331 e. The van der Waals surface area contributed by atoms with Crippen molar-refractivity contribution in [1.82, 2.24) is 10.2 Å². The molecule has 0 aliphatic carbocycles. The van der Waals surface area contributed by atoms with E-state index in [0.717, 1.165) is 25.2 Å². The van der Waals surface area contributed by atoms with Crippen molar-refractivity contribution in [2.45, 2.75) is 19.9 Å². The molecule has 0 radical (unpaired) electrons. The summed E-state index contributed by atoms with van der Waals surface area (Å²) in [5, 5.41) is 6.14. The van der Waals surface area contributed by atoms with Crippen molar-refractivity contribution in [1.29, 1.82) is 0 Å². The van der Waals surface area contributed by atoms with Gasteiger partial charge in [0.15, 0.2) is 0 Å². The van der Waals surface area contributed by atoms with Crippen LogP contribution in [0.15, 0.2) is 24.3 Å². The molecule has 0 saturated carbocycles. The van der Waals surface area contributed by atoms with E-state index in [0.29, 0.717) is 0 Å². The molecule has 0 aliphatic heterocycles. The third-order valence-corrected chi connectivity index (χ3v) is 2.37. The first-order valence-corrected chi connectivity index (χ1v) is 5.91. The molecule has 4 heteroatoms. The van der Waals surface area contributed by atoms with Crippen molar-refractivity contribution in [3.63, 3.8) is 0 Å². The summed E-state index contributed by atoms with van der Waals surface area (Å²) in [6, 6.07) is 7.78. The van der Waals surface area contributed by atoms with Crippen LogP contribution in [0, 0.1) is 0 Å². The van der Waals surface area contributed by atoms with Crippen LogP contribution in [0.5, 0.6) is 0 Å². The number of carbonyl (C=O) groups excluding carboxylic acids is 1. The minimum atomic E-state index is -0.109. The van der Waals surface area contributed by atoms with E-state index in [1.807, 2.05) is 24.3 Å². The molecule has 0 heterocycles. The van der Waals surface area contributed by atoms with Gasteiger partial charge in [-0.3, -0.25) is 0 Å². The zero-order chi connectivity index (χ0) is 12.7. The molecule has 0 spiro atoms. The first-order valence-electron chi connectivity index (χ1n) is 5.91. The van der Waals surface area contributed by atoms with Gasteiger partial charge in [0.25, 0.3) is 0 Å². The lowest BCUT2D eigenvalue weighted by Crippen LogP contribution is -2.27. The smallest absolute Gasteiger partial charge is 0.321 e. The zero-order valence-corrected chi connectivity index (χ0v) is 10.8. The van der Waals surface area contributed by atoms with Crippen LogP contribution in [0.4, 0.5) is 10.5 Å². The number of urea groups is 1. The summed E-state index contributed by atoms with van der Waals surface area (Å²) in [6.45, 7) is 4.04. The number of benzene rings is 1. The highest BCUT2D eigenvalue weighted by molar-refractivity contribution is 5.88. The fourth-order valence-corrected chi connectivity index (χ4v) is 1.35. The Bertz CT molecular complexity index is 346. The van der Waals surface area contributed by atoms with Gasteiger partial charge in [0.2, 0.25) is 0 Å². The Kier molecular flexibility index (Phi) is 5.49. The van der Waals surface area contributed by atoms with E-state index < -0.39 is 0 Å². The SMILES string of the molecule is CCCNCc1ccc(NC(=O)N(C)C)cc1. The van der Waals surface area contributed by atoms with Gasteiger partial charge >= 0.3 is 6.03 Å². The molecule has 0 atom stereocenters. The molecule has 0 unspecified atom stereocenters. The number of carbonyl (C=O) groups is 1. The van der Waals surface area contributed by atoms with Gasteiger partial charge in [-0.15, -0.1) is 0 Å². The Morgan fingerprint density at radius 1 is 1.24 bits per heavy atom. The van der Waals surface area contributed by atoms with E-state index in [9.17, 15) is 4.79 Å². The van der Waals surface area contributed by atoms with Crippen molar-refractivity contribution in [3.05, 3.63) is 29.8 Å². The second-order valence-corrected chi connectivity index (χ2v) is 4.20. The number of nitrogens with one attached hydrogen (secondary N) is 2. The van der Waals surface area contributed by atoms with Crippen LogP contribution in [0.25, 0.3) is 0 Å². The standard InChI is InChI=1S/C13H21N3O/c1-4-9-14-10-11-5-7-12(8-6-11)15-13(17)16(2)3/h5-8,14H,4,9-10H2,1-3H3,(H,15,17). The Morgan fingerprint density at radius 3 is 2.41 bits per heavy atom. The maximum atomic E-state index is 11.4. The average molecular weight is 235 g/mol. The van der Waals surface area contributed by atoms with Crippen molar-refractivity contribution in [3.8, 4) is 0 Å². The zero-order valence-electron chi connectivity index (χ0n) is 10.8. The first kappa shape index (κ1) is 13.5. The van der Waals surface area contributed by atoms with E-state index in [4.69, 9.17) is 0 Å². The normalized spacial score (nSPS) is 10.1. The summed E-state index contributed by atoms with van der Waals surface area (Å²) in [5.74, 6) is 0. The van der Waals surface area contributed by atoms with Gasteiger partial charge in [-0.25, -0.2) is 4.79 Å². The van der Waals surface area contributed by atoms with Crippen LogP contribution in [-0.4, -0.2) is 31.6 Å². The molecule has 1 aromatic carbocycles. The predicted molar refractivity (Wildman–Crippen MR) is 71.1 cm³/mol. The highest BCUT2D eigenvalue weighted by Gasteiger charge is 2.03. The maximum absolute atomic E-state index is 11.4. The number of amides is 2.